The monoisotopic (exact) mass is 367 g/mol. The Hall–Kier alpha value is -2.80. The van der Waals surface area contributed by atoms with E-state index < -0.39 is 0 Å². The topological polar surface area (TPSA) is 56.1 Å². The molecule has 3 heterocycles. The summed E-state index contributed by atoms with van der Waals surface area (Å²) in [5.74, 6) is 1.24. The summed E-state index contributed by atoms with van der Waals surface area (Å²) < 4.78 is 21.0. The van der Waals surface area contributed by atoms with Crippen LogP contribution in [0.2, 0.25) is 0 Å². The zero-order valence-electron chi connectivity index (χ0n) is 15.6. The fraction of sp³-hybridized carbons (Fsp3) is 0.350. The Morgan fingerprint density at radius 2 is 1.70 bits per heavy atom. The summed E-state index contributed by atoms with van der Waals surface area (Å²) in [5, 5.41) is 13.2. The number of rotatable bonds is 3. The van der Waals surface area contributed by atoms with Crippen molar-refractivity contribution in [2.75, 3.05) is 18.0 Å². The summed E-state index contributed by atoms with van der Waals surface area (Å²) >= 11 is 0. The van der Waals surface area contributed by atoms with E-state index in [1.54, 1.807) is 16.8 Å². The van der Waals surface area contributed by atoms with Crippen LogP contribution in [0.1, 0.15) is 30.0 Å². The smallest absolute Gasteiger partial charge is 0.176 e. The number of ether oxygens (including phenoxy) is 1. The zero-order chi connectivity index (χ0) is 19.0. The van der Waals surface area contributed by atoms with Crippen LogP contribution in [0.25, 0.3) is 5.82 Å². The molecule has 2 aromatic heterocycles. The minimum atomic E-state index is -0.245. The van der Waals surface area contributed by atoms with Gasteiger partial charge in [0.05, 0.1) is 11.8 Å². The van der Waals surface area contributed by atoms with Crippen molar-refractivity contribution in [3.63, 3.8) is 0 Å². The average molecular weight is 367 g/mol. The zero-order valence-corrected chi connectivity index (χ0v) is 15.6. The standard InChI is InChI=1S/C20H22FN5O/c1-13-10-14(2)26(24-13)20-9-8-19(22-23-20)25-11-15(3)27-18(12-25)16-4-6-17(21)7-5-16/h4-10,15,18H,11-12H2,1-3H3. The van der Waals surface area contributed by atoms with Gasteiger partial charge in [-0.05, 0) is 56.7 Å². The van der Waals surface area contributed by atoms with Gasteiger partial charge in [0.2, 0.25) is 0 Å². The third kappa shape index (κ3) is 3.68. The molecule has 2 unspecified atom stereocenters. The molecule has 0 spiro atoms. The van der Waals surface area contributed by atoms with Crippen LogP contribution in [0.5, 0.6) is 0 Å². The van der Waals surface area contributed by atoms with Crippen molar-refractivity contribution in [1.82, 2.24) is 20.0 Å². The third-order valence-corrected chi connectivity index (χ3v) is 4.69. The first-order valence-electron chi connectivity index (χ1n) is 9.03. The summed E-state index contributed by atoms with van der Waals surface area (Å²) in [6, 6.07) is 12.4. The number of halogens is 1. The Morgan fingerprint density at radius 1 is 1.00 bits per heavy atom. The molecule has 7 heteroatoms. The molecule has 0 radical (unpaired) electrons. The van der Waals surface area contributed by atoms with Gasteiger partial charge in [-0.1, -0.05) is 12.1 Å². The highest BCUT2D eigenvalue weighted by molar-refractivity contribution is 5.41. The lowest BCUT2D eigenvalue weighted by Crippen LogP contribution is -2.43. The summed E-state index contributed by atoms with van der Waals surface area (Å²) in [6.45, 7) is 7.35. The van der Waals surface area contributed by atoms with Crippen LogP contribution in [0.3, 0.4) is 0 Å². The van der Waals surface area contributed by atoms with Crippen LogP contribution in [0, 0.1) is 19.7 Å². The molecule has 6 nitrogen and oxygen atoms in total. The number of hydrogen-bond acceptors (Lipinski definition) is 5. The fourth-order valence-corrected chi connectivity index (χ4v) is 3.46. The van der Waals surface area contributed by atoms with Crippen molar-refractivity contribution in [2.24, 2.45) is 0 Å². The number of nitrogens with zero attached hydrogens (tertiary/aromatic N) is 5. The van der Waals surface area contributed by atoms with Gasteiger partial charge >= 0.3 is 0 Å². The van der Waals surface area contributed by atoms with E-state index in [2.05, 4.69) is 20.2 Å². The van der Waals surface area contributed by atoms with Gasteiger partial charge in [-0.15, -0.1) is 10.2 Å². The van der Waals surface area contributed by atoms with Crippen LogP contribution < -0.4 is 4.90 Å². The number of morpholine rings is 1. The highest BCUT2D eigenvalue weighted by Gasteiger charge is 2.27. The molecule has 1 fully saturated rings. The maximum atomic E-state index is 13.2. The first-order valence-corrected chi connectivity index (χ1v) is 9.03. The van der Waals surface area contributed by atoms with E-state index in [0.717, 1.165) is 29.3 Å². The van der Waals surface area contributed by atoms with E-state index in [1.165, 1.54) is 12.1 Å². The minimum absolute atomic E-state index is 0.0336. The summed E-state index contributed by atoms with van der Waals surface area (Å²) in [7, 11) is 0. The number of anilines is 1. The minimum Gasteiger partial charge on any atom is -0.367 e. The van der Waals surface area contributed by atoms with Gasteiger partial charge in [-0.2, -0.15) is 5.10 Å². The molecule has 1 aromatic carbocycles. The Morgan fingerprint density at radius 3 is 2.33 bits per heavy atom. The lowest BCUT2D eigenvalue weighted by molar-refractivity contribution is -0.0176. The summed E-state index contributed by atoms with van der Waals surface area (Å²) in [6.07, 6.45) is -0.0990. The van der Waals surface area contributed by atoms with Crippen LogP contribution in [0.15, 0.2) is 42.5 Å². The first kappa shape index (κ1) is 17.6. The van der Waals surface area contributed by atoms with E-state index in [1.807, 2.05) is 39.0 Å². The fourth-order valence-electron chi connectivity index (χ4n) is 3.46. The van der Waals surface area contributed by atoms with Gasteiger partial charge in [0.1, 0.15) is 11.9 Å². The van der Waals surface area contributed by atoms with Gasteiger partial charge in [0.15, 0.2) is 11.6 Å². The Labute approximate surface area is 157 Å². The van der Waals surface area contributed by atoms with Crippen molar-refractivity contribution in [1.29, 1.82) is 0 Å². The number of aryl methyl sites for hydroxylation is 2. The Bertz CT molecular complexity index is 923. The maximum absolute atomic E-state index is 13.2. The molecule has 27 heavy (non-hydrogen) atoms. The highest BCUT2D eigenvalue weighted by Crippen LogP contribution is 2.28. The Balaban J connectivity index is 1.55. The van der Waals surface area contributed by atoms with Gasteiger partial charge in [0.25, 0.3) is 0 Å². The predicted molar refractivity (Wildman–Crippen MR) is 101 cm³/mol. The maximum Gasteiger partial charge on any atom is 0.176 e. The van der Waals surface area contributed by atoms with Crippen molar-refractivity contribution in [3.8, 4) is 5.82 Å². The quantitative estimate of drug-likeness (QED) is 0.710. The van der Waals surface area contributed by atoms with Crippen molar-refractivity contribution in [3.05, 3.63) is 65.2 Å². The van der Waals surface area contributed by atoms with Gasteiger partial charge in [0, 0.05) is 18.8 Å². The van der Waals surface area contributed by atoms with Gasteiger partial charge in [-0.3, -0.25) is 0 Å². The molecular weight excluding hydrogens is 345 g/mol. The SMILES string of the molecule is Cc1cc(C)n(-c2ccc(N3CC(C)OC(c4ccc(F)cc4)C3)nn2)n1. The normalized spacial score (nSPS) is 20.1. The molecule has 0 amide bonds. The molecule has 0 N–H and O–H groups in total. The van der Waals surface area contributed by atoms with Crippen LogP contribution in [-0.4, -0.2) is 39.2 Å². The molecular formula is C20H22FN5O. The molecule has 4 rings (SSSR count). The Kier molecular flexibility index (Phi) is 4.61. The lowest BCUT2D eigenvalue weighted by atomic mass is 10.1. The van der Waals surface area contributed by atoms with Crippen LogP contribution in [-0.2, 0) is 4.74 Å². The largest absolute Gasteiger partial charge is 0.367 e. The van der Waals surface area contributed by atoms with E-state index in [0.29, 0.717) is 12.4 Å². The number of aromatic nitrogens is 4. The first-order chi connectivity index (χ1) is 13.0. The lowest BCUT2D eigenvalue weighted by Gasteiger charge is -2.37. The summed E-state index contributed by atoms with van der Waals surface area (Å²) in [5.41, 5.74) is 2.92. The molecule has 3 aromatic rings. The second-order valence-corrected chi connectivity index (χ2v) is 6.98. The van der Waals surface area contributed by atoms with Crippen LogP contribution in [0.4, 0.5) is 10.2 Å². The highest BCUT2D eigenvalue weighted by atomic mass is 19.1. The van der Waals surface area contributed by atoms with Crippen molar-refractivity contribution < 1.29 is 9.13 Å². The molecule has 0 aliphatic carbocycles. The van der Waals surface area contributed by atoms with E-state index in [9.17, 15) is 4.39 Å². The van der Waals surface area contributed by atoms with E-state index in [-0.39, 0.29) is 18.0 Å². The molecule has 0 bridgehead atoms. The summed E-state index contributed by atoms with van der Waals surface area (Å²) in [4.78, 5) is 2.15. The van der Waals surface area contributed by atoms with Crippen molar-refractivity contribution in [2.45, 2.75) is 33.0 Å². The van der Waals surface area contributed by atoms with Gasteiger partial charge in [-0.25, -0.2) is 9.07 Å². The van der Waals surface area contributed by atoms with Crippen molar-refractivity contribution >= 4 is 5.82 Å². The number of benzene rings is 1. The second kappa shape index (κ2) is 7.08. The molecule has 0 saturated carbocycles. The molecule has 1 saturated heterocycles. The number of hydrogen-bond donors (Lipinski definition) is 0. The molecule has 1 aliphatic rings. The average Bonchev–Trinajstić information content (AvgIpc) is 3.00. The second-order valence-electron chi connectivity index (χ2n) is 6.98. The van der Waals surface area contributed by atoms with E-state index in [4.69, 9.17) is 4.74 Å². The molecule has 140 valence electrons. The molecule has 1 aliphatic heterocycles. The molecule has 2 atom stereocenters. The predicted octanol–water partition coefficient (Wildman–Crippen LogP) is 3.38. The van der Waals surface area contributed by atoms with Gasteiger partial charge < -0.3 is 9.64 Å². The van der Waals surface area contributed by atoms with Crippen LogP contribution >= 0.6 is 0 Å². The third-order valence-electron chi connectivity index (χ3n) is 4.69. The van der Waals surface area contributed by atoms with E-state index >= 15 is 0 Å².